The predicted molar refractivity (Wildman–Crippen MR) is 106 cm³/mol. The summed E-state index contributed by atoms with van der Waals surface area (Å²) in [6.45, 7) is 3.09. The van der Waals surface area contributed by atoms with E-state index < -0.39 is 11.7 Å². The summed E-state index contributed by atoms with van der Waals surface area (Å²) >= 11 is 0. The van der Waals surface area contributed by atoms with Gasteiger partial charge in [-0.05, 0) is 56.2 Å². The summed E-state index contributed by atoms with van der Waals surface area (Å²) in [5.41, 5.74) is -0.688. The van der Waals surface area contributed by atoms with Crippen LogP contribution >= 0.6 is 0 Å². The Labute approximate surface area is 170 Å². The molecule has 0 aromatic heterocycles. The van der Waals surface area contributed by atoms with E-state index in [-0.39, 0.29) is 17.7 Å². The highest BCUT2D eigenvalue weighted by Gasteiger charge is 2.30. The average molecular weight is 412 g/mol. The molecular formula is C22H31F3N2O2. The van der Waals surface area contributed by atoms with E-state index in [1.165, 1.54) is 31.7 Å². The molecule has 1 aromatic rings. The summed E-state index contributed by atoms with van der Waals surface area (Å²) in [7, 11) is 0. The fourth-order valence-corrected chi connectivity index (χ4v) is 4.30. The molecule has 1 N–H and O–H groups in total. The van der Waals surface area contributed by atoms with Crippen molar-refractivity contribution in [1.82, 2.24) is 10.2 Å². The van der Waals surface area contributed by atoms with Crippen LogP contribution in [0.4, 0.5) is 13.2 Å². The van der Waals surface area contributed by atoms with Crippen LogP contribution in [0.3, 0.4) is 0 Å². The molecule has 29 heavy (non-hydrogen) atoms. The van der Waals surface area contributed by atoms with E-state index in [0.717, 1.165) is 51.0 Å². The van der Waals surface area contributed by atoms with Gasteiger partial charge in [-0.2, -0.15) is 13.2 Å². The Bertz CT molecular complexity index is 652. The largest absolute Gasteiger partial charge is 0.494 e. The zero-order valence-corrected chi connectivity index (χ0v) is 16.8. The molecule has 1 amide bonds. The lowest BCUT2D eigenvalue weighted by Crippen LogP contribution is -2.45. The van der Waals surface area contributed by atoms with E-state index in [1.807, 2.05) is 0 Å². The number of benzene rings is 1. The molecule has 1 saturated heterocycles. The normalized spacial score (nSPS) is 19.4. The minimum atomic E-state index is -4.35. The molecule has 0 bridgehead atoms. The number of amides is 1. The molecule has 1 aromatic carbocycles. The molecule has 0 radical (unpaired) electrons. The Morgan fingerprint density at radius 2 is 1.86 bits per heavy atom. The van der Waals surface area contributed by atoms with Crippen LogP contribution in [-0.4, -0.2) is 43.1 Å². The monoisotopic (exact) mass is 412 g/mol. The number of rotatable bonds is 8. The highest BCUT2D eigenvalue weighted by Crippen LogP contribution is 2.31. The molecule has 4 nitrogen and oxygen atoms in total. The summed E-state index contributed by atoms with van der Waals surface area (Å²) in [4.78, 5) is 14.5. The van der Waals surface area contributed by atoms with Crippen molar-refractivity contribution in [2.24, 2.45) is 5.92 Å². The fourth-order valence-electron chi connectivity index (χ4n) is 4.30. The summed E-state index contributed by atoms with van der Waals surface area (Å²) < 4.78 is 43.7. The van der Waals surface area contributed by atoms with Gasteiger partial charge in [0.2, 0.25) is 5.91 Å². The quantitative estimate of drug-likeness (QED) is 0.633. The van der Waals surface area contributed by atoms with Crippen molar-refractivity contribution in [3.63, 3.8) is 0 Å². The number of hydrogen-bond acceptors (Lipinski definition) is 3. The highest BCUT2D eigenvalue weighted by atomic mass is 19.4. The second-order valence-electron chi connectivity index (χ2n) is 8.27. The molecule has 1 heterocycles. The van der Waals surface area contributed by atoms with E-state index in [9.17, 15) is 18.0 Å². The van der Waals surface area contributed by atoms with Crippen molar-refractivity contribution in [2.75, 3.05) is 26.2 Å². The van der Waals surface area contributed by atoms with Gasteiger partial charge in [-0.1, -0.05) is 18.9 Å². The minimum Gasteiger partial charge on any atom is -0.494 e. The average Bonchev–Trinajstić information content (AvgIpc) is 3.19. The number of halogens is 3. The molecule has 162 valence electrons. The second kappa shape index (κ2) is 10.3. The van der Waals surface area contributed by atoms with Crippen LogP contribution in [-0.2, 0) is 11.0 Å². The third-order valence-corrected chi connectivity index (χ3v) is 5.95. The first kappa shape index (κ1) is 21.9. The van der Waals surface area contributed by atoms with Crippen molar-refractivity contribution >= 4 is 5.91 Å². The van der Waals surface area contributed by atoms with E-state index >= 15 is 0 Å². The maximum absolute atomic E-state index is 12.7. The van der Waals surface area contributed by atoms with Gasteiger partial charge < -0.3 is 15.0 Å². The van der Waals surface area contributed by atoms with Gasteiger partial charge in [0.25, 0.3) is 0 Å². The molecule has 3 rings (SSSR count). The van der Waals surface area contributed by atoms with E-state index in [2.05, 4.69) is 10.2 Å². The van der Waals surface area contributed by atoms with E-state index in [1.54, 1.807) is 6.07 Å². The van der Waals surface area contributed by atoms with Crippen LogP contribution in [0, 0.1) is 5.92 Å². The third kappa shape index (κ3) is 7.21. The molecule has 0 atom stereocenters. The molecule has 1 aliphatic carbocycles. The number of nitrogens with one attached hydrogen (secondary N) is 1. The lowest BCUT2D eigenvalue weighted by atomic mass is 10.0. The smallest absolute Gasteiger partial charge is 0.416 e. The lowest BCUT2D eigenvalue weighted by molar-refractivity contribution is -0.137. The number of piperidine rings is 1. The number of carbonyl (C=O) groups excluding carboxylic acids is 1. The Kier molecular flexibility index (Phi) is 7.81. The number of nitrogens with zero attached hydrogens (tertiary/aromatic N) is 1. The third-order valence-electron chi connectivity index (χ3n) is 5.95. The molecule has 2 fully saturated rings. The topological polar surface area (TPSA) is 41.6 Å². The highest BCUT2D eigenvalue weighted by molar-refractivity contribution is 5.76. The summed E-state index contributed by atoms with van der Waals surface area (Å²) in [6, 6.07) is 5.27. The molecule has 0 spiro atoms. The first-order valence-corrected chi connectivity index (χ1v) is 10.7. The van der Waals surface area contributed by atoms with Crippen molar-refractivity contribution < 1.29 is 22.7 Å². The standard InChI is InChI=1S/C22H31F3N2O2/c23-22(24,25)18-7-3-8-20(16-18)29-14-4-11-27-12-9-19(10-13-27)26-21(28)15-17-5-1-2-6-17/h3,7-8,16-17,19H,1-2,4-6,9-15H2,(H,26,28). The zero-order valence-electron chi connectivity index (χ0n) is 16.8. The van der Waals surface area contributed by atoms with Crippen LogP contribution in [0.5, 0.6) is 5.75 Å². The lowest BCUT2D eigenvalue weighted by Gasteiger charge is -2.32. The van der Waals surface area contributed by atoms with Crippen molar-refractivity contribution in [3.8, 4) is 5.75 Å². The van der Waals surface area contributed by atoms with E-state index in [0.29, 0.717) is 18.9 Å². The van der Waals surface area contributed by atoms with Gasteiger partial charge >= 0.3 is 6.18 Å². The first-order valence-electron chi connectivity index (χ1n) is 10.7. The van der Waals surface area contributed by atoms with Gasteiger partial charge in [0, 0.05) is 32.1 Å². The van der Waals surface area contributed by atoms with Gasteiger partial charge in [0.1, 0.15) is 5.75 Å². The molecule has 0 unspecified atom stereocenters. The van der Waals surface area contributed by atoms with Crippen LogP contribution in [0.1, 0.15) is 56.9 Å². The maximum atomic E-state index is 12.7. The van der Waals surface area contributed by atoms with Crippen molar-refractivity contribution in [1.29, 1.82) is 0 Å². The van der Waals surface area contributed by atoms with Gasteiger partial charge in [0.05, 0.1) is 12.2 Å². The number of carbonyl (C=O) groups is 1. The van der Waals surface area contributed by atoms with Crippen LogP contribution in [0.15, 0.2) is 24.3 Å². The zero-order chi connectivity index (χ0) is 20.7. The molecular weight excluding hydrogens is 381 g/mol. The second-order valence-corrected chi connectivity index (χ2v) is 8.27. The van der Waals surface area contributed by atoms with Gasteiger partial charge in [0.15, 0.2) is 0 Å². The van der Waals surface area contributed by atoms with Gasteiger partial charge in [-0.25, -0.2) is 0 Å². The van der Waals surface area contributed by atoms with Gasteiger partial charge in [-0.3, -0.25) is 4.79 Å². The Morgan fingerprint density at radius 1 is 1.14 bits per heavy atom. The predicted octanol–water partition coefficient (Wildman–Crippen LogP) is 4.64. The maximum Gasteiger partial charge on any atom is 0.416 e. The van der Waals surface area contributed by atoms with E-state index in [4.69, 9.17) is 4.74 Å². The molecule has 7 heteroatoms. The number of ether oxygens (including phenoxy) is 1. The molecule has 1 saturated carbocycles. The van der Waals surface area contributed by atoms with Crippen LogP contribution in [0.2, 0.25) is 0 Å². The van der Waals surface area contributed by atoms with Gasteiger partial charge in [-0.15, -0.1) is 0 Å². The summed E-state index contributed by atoms with van der Waals surface area (Å²) in [6.07, 6.45) is 3.87. The summed E-state index contributed by atoms with van der Waals surface area (Å²) in [5, 5.41) is 3.19. The minimum absolute atomic E-state index is 0.199. The fraction of sp³-hybridized carbons (Fsp3) is 0.682. The SMILES string of the molecule is O=C(CC1CCCC1)NC1CCN(CCCOc2cccc(C(F)(F)F)c2)CC1. The Morgan fingerprint density at radius 3 is 2.55 bits per heavy atom. The van der Waals surface area contributed by atoms with Crippen molar-refractivity contribution in [2.45, 2.75) is 63.6 Å². The number of alkyl halides is 3. The Balaban J connectivity index is 1.29. The molecule has 2 aliphatic rings. The number of likely N-dealkylation sites (tertiary alicyclic amines) is 1. The van der Waals surface area contributed by atoms with Crippen LogP contribution < -0.4 is 10.1 Å². The first-order chi connectivity index (χ1) is 13.9. The number of hydrogen-bond donors (Lipinski definition) is 1. The summed E-state index contributed by atoms with van der Waals surface area (Å²) in [5.74, 6) is 1.03. The van der Waals surface area contributed by atoms with Crippen molar-refractivity contribution in [3.05, 3.63) is 29.8 Å². The Hall–Kier alpha value is -1.76. The molecule has 1 aliphatic heterocycles. The van der Waals surface area contributed by atoms with Crippen LogP contribution in [0.25, 0.3) is 0 Å².